The van der Waals surface area contributed by atoms with Crippen molar-refractivity contribution >= 4 is 29.7 Å². The van der Waals surface area contributed by atoms with E-state index in [1.165, 1.54) is 5.56 Å². The fourth-order valence-corrected chi connectivity index (χ4v) is 3.50. The molecule has 0 saturated carbocycles. The number of carbonyl (C=O) groups is 1. The predicted molar refractivity (Wildman–Crippen MR) is 108 cm³/mol. The summed E-state index contributed by atoms with van der Waals surface area (Å²) in [5, 5.41) is 6.01. The number of halogens is 1. The standard InChI is InChI=1S/C19H27N3OS.ClH/c1-4-14-7-9-15(10-8-14)18-21-16(12-24-18)11-17(23)22-19(5-2,6-3)13-20;/h7-10,12H,4-6,11,13,20H2,1-3H3,(H,22,23);1H. The lowest BCUT2D eigenvalue weighted by molar-refractivity contribution is -0.122. The molecule has 2 aromatic rings. The predicted octanol–water partition coefficient (Wildman–Crippen LogP) is 3.97. The first-order valence-corrected chi connectivity index (χ1v) is 9.48. The molecule has 1 amide bonds. The molecule has 1 heterocycles. The molecule has 0 aliphatic carbocycles. The molecular weight excluding hydrogens is 354 g/mol. The highest BCUT2D eigenvalue weighted by Gasteiger charge is 2.26. The van der Waals surface area contributed by atoms with E-state index in [-0.39, 0.29) is 23.9 Å². The van der Waals surface area contributed by atoms with Crippen molar-refractivity contribution in [2.45, 2.75) is 52.0 Å². The Morgan fingerprint density at radius 3 is 2.36 bits per heavy atom. The lowest BCUT2D eigenvalue weighted by atomic mass is 9.92. The average Bonchev–Trinajstić information content (AvgIpc) is 3.08. The van der Waals surface area contributed by atoms with Crippen molar-refractivity contribution in [1.82, 2.24) is 10.3 Å². The maximum Gasteiger partial charge on any atom is 0.226 e. The molecule has 0 bridgehead atoms. The number of aromatic nitrogens is 1. The first-order chi connectivity index (χ1) is 11.6. The summed E-state index contributed by atoms with van der Waals surface area (Å²) >= 11 is 1.58. The maximum absolute atomic E-state index is 12.3. The van der Waals surface area contributed by atoms with Gasteiger partial charge in [-0.15, -0.1) is 23.7 Å². The molecule has 3 N–H and O–H groups in total. The monoisotopic (exact) mass is 381 g/mol. The second-order valence-electron chi connectivity index (χ2n) is 6.11. The number of rotatable bonds is 8. The third kappa shape index (κ3) is 5.53. The van der Waals surface area contributed by atoms with Gasteiger partial charge in [0.05, 0.1) is 17.7 Å². The fourth-order valence-electron chi connectivity index (χ4n) is 2.67. The van der Waals surface area contributed by atoms with Crippen LogP contribution in [0.3, 0.4) is 0 Å². The SMILES string of the molecule is CCc1ccc(-c2nc(CC(=O)NC(CC)(CC)CN)cs2)cc1.Cl. The zero-order valence-electron chi connectivity index (χ0n) is 15.2. The number of hydrogen-bond acceptors (Lipinski definition) is 4. The molecule has 0 aliphatic heterocycles. The van der Waals surface area contributed by atoms with Crippen molar-refractivity contribution in [3.05, 3.63) is 40.9 Å². The molecule has 0 atom stereocenters. The van der Waals surface area contributed by atoms with Crippen molar-refractivity contribution in [2.24, 2.45) is 5.73 Å². The minimum Gasteiger partial charge on any atom is -0.349 e. The van der Waals surface area contributed by atoms with Crippen molar-refractivity contribution < 1.29 is 4.79 Å². The Bertz CT molecular complexity index is 657. The van der Waals surface area contributed by atoms with Crippen LogP contribution in [0.25, 0.3) is 10.6 Å². The molecule has 6 heteroatoms. The van der Waals surface area contributed by atoms with E-state index in [1.807, 2.05) is 5.38 Å². The summed E-state index contributed by atoms with van der Waals surface area (Å²) in [6, 6.07) is 8.44. The molecule has 0 aliphatic rings. The van der Waals surface area contributed by atoms with Gasteiger partial charge < -0.3 is 11.1 Å². The van der Waals surface area contributed by atoms with Gasteiger partial charge >= 0.3 is 0 Å². The first kappa shape index (κ1) is 21.6. The Morgan fingerprint density at radius 1 is 1.20 bits per heavy atom. The molecular formula is C19H28ClN3OS. The summed E-state index contributed by atoms with van der Waals surface area (Å²) in [5.74, 6) is -0.0117. The molecule has 0 fully saturated rings. The van der Waals surface area contributed by atoms with E-state index < -0.39 is 0 Å². The summed E-state index contributed by atoms with van der Waals surface area (Å²) in [6.07, 6.45) is 2.99. The van der Waals surface area contributed by atoms with Gasteiger partial charge in [0.1, 0.15) is 5.01 Å². The Labute approximate surface area is 160 Å². The second-order valence-corrected chi connectivity index (χ2v) is 6.97. The molecule has 4 nitrogen and oxygen atoms in total. The first-order valence-electron chi connectivity index (χ1n) is 8.60. The topological polar surface area (TPSA) is 68.0 Å². The summed E-state index contributed by atoms with van der Waals surface area (Å²) in [6.45, 7) is 6.70. The Morgan fingerprint density at radius 2 is 1.84 bits per heavy atom. The smallest absolute Gasteiger partial charge is 0.226 e. The number of thiazole rings is 1. The number of benzene rings is 1. The van der Waals surface area contributed by atoms with E-state index in [0.29, 0.717) is 13.0 Å². The Balaban J connectivity index is 0.00000312. The molecule has 25 heavy (non-hydrogen) atoms. The summed E-state index contributed by atoms with van der Waals surface area (Å²) in [4.78, 5) is 16.9. The van der Waals surface area contributed by atoms with Crippen LogP contribution in [0.1, 0.15) is 44.9 Å². The number of aryl methyl sites for hydroxylation is 1. The van der Waals surface area contributed by atoms with Crippen LogP contribution in [-0.4, -0.2) is 23.0 Å². The average molecular weight is 382 g/mol. The van der Waals surface area contributed by atoms with Crippen LogP contribution < -0.4 is 11.1 Å². The van der Waals surface area contributed by atoms with E-state index in [2.05, 4.69) is 55.3 Å². The van der Waals surface area contributed by atoms with Gasteiger partial charge in [-0.3, -0.25) is 4.79 Å². The minimum absolute atomic E-state index is 0. The number of nitrogens with one attached hydrogen (secondary N) is 1. The third-order valence-corrected chi connectivity index (χ3v) is 5.59. The molecule has 0 radical (unpaired) electrons. The lowest BCUT2D eigenvalue weighted by Gasteiger charge is -2.31. The largest absolute Gasteiger partial charge is 0.349 e. The molecule has 1 aromatic heterocycles. The van der Waals surface area contributed by atoms with Crippen LogP contribution in [0.2, 0.25) is 0 Å². The van der Waals surface area contributed by atoms with Gasteiger partial charge in [0.15, 0.2) is 0 Å². The molecule has 2 rings (SSSR count). The number of carbonyl (C=O) groups excluding carboxylic acids is 1. The van der Waals surface area contributed by atoms with Crippen LogP contribution in [0.15, 0.2) is 29.6 Å². The normalized spacial score (nSPS) is 11.0. The quantitative estimate of drug-likeness (QED) is 0.726. The van der Waals surface area contributed by atoms with E-state index >= 15 is 0 Å². The van der Waals surface area contributed by atoms with Gasteiger partial charge in [0, 0.05) is 17.5 Å². The molecule has 0 spiro atoms. The zero-order valence-corrected chi connectivity index (χ0v) is 16.8. The van der Waals surface area contributed by atoms with E-state index in [0.717, 1.165) is 35.5 Å². The van der Waals surface area contributed by atoms with Crippen LogP contribution >= 0.6 is 23.7 Å². The number of nitrogens with two attached hydrogens (primary N) is 1. The zero-order chi connectivity index (χ0) is 17.6. The van der Waals surface area contributed by atoms with E-state index in [4.69, 9.17) is 5.73 Å². The van der Waals surface area contributed by atoms with Crippen LogP contribution in [-0.2, 0) is 17.6 Å². The lowest BCUT2D eigenvalue weighted by Crippen LogP contribution is -2.53. The highest BCUT2D eigenvalue weighted by Crippen LogP contribution is 2.24. The Kier molecular flexibility index (Phi) is 8.56. The van der Waals surface area contributed by atoms with Crippen molar-refractivity contribution in [3.63, 3.8) is 0 Å². The number of amides is 1. The van der Waals surface area contributed by atoms with Crippen LogP contribution in [0.4, 0.5) is 0 Å². The highest BCUT2D eigenvalue weighted by atomic mass is 35.5. The molecule has 0 saturated heterocycles. The van der Waals surface area contributed by atoms with Gasteiger partial charge in [-0.05, 0) is 24.8 Å². The summed E-state index contributed by atoms with van der Waals surface area (Å²) < 4.78 is 0. The van der Waals surface area contributed by atoms with Crippen LogP contribution in [0, 0.1) is 0 Å². The van der Waals surface area contributed by atoms with Crippen molar-refractivity contribution in [2.75, 3.05) is 6.54 Å². The summed E-state index contributed by atoms with van der Waals surface area (Å²) in [5.41, 5.74) is 8.77. The van der Waals surface area contributed by atoms with E-state index in [9.17, 15) is 4.79 Å². The molecule has 1 aromatic carbocycles. The third-order valence-electron chi connectivity index (χ3n) is 4.65. The Hall–Kier alpha value is -1.43. The van der Waals surface area contributed by atoms with Gasteiger partial charge in [-0.1, -0.05) is 45.0 Å². The minimum atomic E-state index is -0.300. The fraction of sp³-hybridized carbons (Fsp3) is 0.474. The summed E-state index contributed by atoms with van der Waals surface area (Å²) in [7, 11) is 0. The molecule has 138 valence electrons. The molecule has 0 unspecified atom stereocenters. The number of nitrogens with zero attached hydrogens (tertiary/aromatic N) is 1. The maximum atomic E-state index is 12.3. The second kappa shape index (κ2) is 9.90. The van der Waals surface area contributed by atoms with Crippen LogP contribution in [0.5, 0.6) is 0 Å². The van der Waals surface area contributed by atoms with E-state index in [1.54, 1.807) is 11.3 Å². The highest BCUT2D eigenvalue weighted by molar-refractivity contribution is 7.13. The van der Waals surface area contributed by atoms with Gasteiger partial charge in [-0.2, -0.15) is 0 Å². The van der Waals surface area contributed by atoms with Gasteiger partial charge in [0.25, 0.3) is 0 Å². The van der Waals surface area contributed by atoms with Gasteiger partial charge in [-0.25, -0.2) is 4.98 Å². The van der Waals surface area contributed by atoms with Crippen molar-refractivity contribution in [1.29, 1.82) is 0 Å². The van der Waals surface area contributed by atoms with Gasteiger partial charge in [0.2, 0.25) is 5.91 Å². The van der Waals surface area contributed by atoms with Crippen molar-refractivity contribution in [3.8, 4) is 10.6 Å². The number of hydrogen-bond donors (Lipinski definition) is 2.